The number of aliphatic hydroxyl groups is 1. The standard InChI is InChI=1S/C3H8.C2H6O.CH4/c1-3-2;1-2-3;/h3H2,1-2H3;3H,2H2,1H3;1H4/i1T,3T;;. The summed E-state index contributed by atoms with van der Waals surface area (Å²) < 4.78 is 13.1. The molecular weight excluding hydrogens is 88.1 g/mol. The van der Waals surface area contributed by atoms with Gasteiger partial charge in [-0.1, -0.05) is 27.6 Å². The lowest BCUT2D eigenvalue weighted by Crippen LogP contribution is -1.57. The van der Waals surface area contributed by atoms with E-state index < -0.39 is 0 Å². The molecule has 7 heavy (non-hydrogen) atoms. The summed E-state index contributed by atoms with van der Waals surface area (Å²) in [4.78, 5) is 0. The van der Waals surface area contributed by atoms with Gasteiger partial charge in [0.15, 0.2) is 0 Å². The Kier molecular flexibility index (Phi) is 37.9. The molecule has 0 aromatic heterocycles. The van der Waals surface area contributed by atoms with Crippen molar-refractivity contribution in [1.82, 2.24) is 0 Å². The molecule has 1 atom stereocenters. The summed E-state index contributed by atoms with van der Waals surface area (Å²) in [6.07, 6.45) is -0.199. The predicted octanol–water partition coefficient (Wildman–Crippen LogP) is 2.05. The van der Waals surface area contributed by atoms with E-state index in [0.717, 1.165) is 0 Å². The molecule has 0 fully saturated rings. The van der Waals surface area contributed by atoms with E-state index in [1.54, 1.807) is 13.8 Å². The summed E-state index contributed by atoms with van der Waals surface area (Å²) in [6, 6.07) is 0. The molecule has 0 rings (SSSR count). The summed E-state index contributed by atoms with van der Waals surface area (Å²) >= 11 is 0. The van der Waals surface area contributed by atoms with Crippen LogP contribution in [0.5, 0.6) is 0 Å². The van der Waals surface area contributed by atoms with Gasteiger partial charge < -0.3 is 5.11 Å². The summed E-state index contributed by atoms with van der Waals surface area (Å²) in [5.74, 6) is 0. The van der Waals surface area contributed by atoms with Crippen molar-refractivity contribution in [2.24, 2.45) is 0 Å². The maximum absolute atomic E-state index is 7.57. The third kappa shape index (κ3) is 58400. The normalized spacial score (nSPS) is 13.6. The van der Waals surface area contributed by atoms with Crippen LogP contribution in [-0.4, -0.2) is 11.7 Å². The Morgan fingerprint density at radius 3 is 1.86 bits per heavy atom. The number of hydrogen-bond acceptors (Lipinski definition) is 1. The van der Waals surface area contributed by atoms with Gasteiger partial charge in [0.25, 0.3) is 0 Å². The zero-order chi connectivity index (χ0) is 6.99. The van der Waals surface area contributed by atoms with Gasteiger partial charge in [0.2, 0.25) is 0 Å². The van der Waals surface area contributed by atoms with Crippen LogP contribution in [0.1, 0.15) is 37.3 Å². The van der Waals surface area contributed by atoms with Gasteiger partial charge in [-0.2, -0.15) is 0 Å². The molecule has 0 aromatic carbocycles. The van der Waals surface area contributed by atoms with Crippen molar-refractivity contribution in [1.29, 1.82) is 0 Å². The van der Waals surface area contributed by atoms with E-state index >= 15 is 0 Å². The molecule has 1 unspecified atom stereocenters. The van der Waals surface area contributed by atoms with Crippen LogP contribution in [0, 0.1) is 0 Å². The van der Waals surface area contributed by atoms with Crippen LogP contribution >= 0.6 is 0 Å². The molecule has 0 bridgehead atoms. The summed E-state index contributed by atoms with van der Waals surface area (Å²) in [6.45, 7) is 3.85. The highest BCUT2D eigenvalue weighted by molar-refractivity contribution is 3.92. The Balaban J connectivity index is -0.0000000800. The van der Waals surface area contributed by atoms with Crippen molar-refractivity contribution < 1.29 is 7.85 Å². The molecular formula is C6H18O. The SMILES string of the molecule is C.CCO.[3H]CC([3H])C. The Labute approximate surface area is 50.2 Å². The minimum Gasteiger partial charge on any atom is -0.397 e. The molecule has 0 saturated heterocycles. The molecule has 0 aliphatic carbocycles. The van der Waals surface area contributed by atoms with Gasteiger partial charge in [-0.25, -0.2) is 0 Å². The fourth-order valence-corrected chi connectivity index (χ4v) is 0. The van der Waals surface area contributed by atoms with Gasteiger partial charge in [-0.15, -0.1) is 0 Å². The molecule has 1 heteroatoms. The molecule has 0 saturated carbocycles. The summed E-state index contributed by atoms with van der Waals surface area (Å²) in [5, 5.41) is 7.57. The number of aliphatic hydroxyl groups excluding tert-OH is 1. The van der Waals surface area contributed by atoms with Crippen LogP contribution in [0.3, 0.4) is 0 Å². The van der Waals surface area contributed by atoms with E-state index in [9.17, 15) is 0 Å². The minimum absolute atomic E-state index is 0. The topological polar surface area (TPSA) is 20.2 Å². The van der Waals surface area contributed by atoms with Crippen LogP contribution in [0.15, 0.2) is 0 Å². The van der Waals surface area contributed by atoms with Gasteiger partial charge >= 0.3 is 0 Å². The molecule has 1 N–H and O–H groups in total. The minimum atomic E-state index is -0.199. The highest BCUT2D eigenvalue weighted by Gasteiger charge is 1.35. The first-order chi connectivity index (χ1) is 3.68. The maximum Gasteiger partial charge on any atom is 0.0402 e. The molecule has 0 aromatic rings. The molecule has 0 aliphatic heterocycles. The lowest BCUT2D eigenvalue weighted by molar-refractivity contribution is 0.318. The van der Waals surface area contributed by atoms with E-state index in [4.69, 9.17) is 7.85 Å². The summed E-state index contributed by atoms with van der Waals surface area (Å²) in [7, 11) is 0. The highest BCUT2D eigenvalue weighted by Crippen LogP contribution is 1.56. The van der Waals surface area contributed by atoms with E-state index in [-0.39, 0.29) is 27.3 Å². The van der Waals surface area contributed by atoms with Crippen LogP contribution in [0.2, 0.25) is 0 Å². The van der Waals surface area contributed by atoms with Gasteiger partial charge in [-0.3, -0.25) is 0 Å². The van der Waals surface area contributed by atoms with Crippen LogP contribution < -0.4 is 0 Å². The monoisotopic (exact) mass is 110 g/mol. The zero-order valence-electron chi connectivity index (χ0n) is 6.44. The largest absolute Gasteiger partial charge is 0.397 e. The smallest absolute Gasteiger partial charge is 0.0402 e. The van der Waals surface area contributed by atoms with Gasteiger partial charge in [0, 0.05) is 9.35 Å². The van der Waals surface area contributed by atoms with Crippen LogP contribution in [0.4, 0.5) is 0 Å². The molecule has 0 spiro atoms. The third-order valence-electron chi connectivity index (χ3n) is 0. The Morgan fingerprint density at radius 1 is 1.71 bits per heavy atom. The predicted molar refractivity (Wildman–Crippen MR) is 35.5 cm³/mol. The van der Waals surface area contributed by atoms with Gasteiger partial charge in [-0.05, 0) is 6.92 Å². The lowest BCUT2D eigenvalue weighted by Gasteiger charge is -1.52. The van der Waals surface area contributed by atoms with Crippen molar-refractivity contribution in [3.8, 4) is 0 Å². The highest BCUT2D eigenvalue weighted by atomic mass is 16.2. The molecule has 48 valence electrons. The molecule has 0 amide bonds. The first-order valence-electron chi connectivity index (χ1n) is 3.29. The first kappa shape index (κ1) is 6.96. The average Bonchev–Trinajstić information content (AvgIpc) is 1.69. The Bertz CT molecular complexity index is 32.2. The molecule has 1 nitrogen and oxygen atoms in total. The van der Waals surface area contributed by atoms with Crippen LogP contribution in [0.25, 0.3) is 0 Å². The van der Waals surface area contributed by atoms with Crippen molar-refractivity contribution in [2.45, 2.75) is 34.6 Å². The average molecular weight is 110 g/mol. The molecule has 0 aliphatic rings. The van der Waals surface area contributed by atoms with Crippen molar-refractivity contribution in [2.75, 3.05) is 6.61 Å². The second-order valence-electron chi connectivity index (χ2n) is 0.724. The fraction of sp³-hybridized carbons (Fsp3) is 1.00. The van der Waals surface area contributed by atoms with E-state index in [0.29, 0.717) is 0 Å². The Hall–Kier alpha value is -0.0400. The number of rotatable bonds is 0. The number of hydrogen-bond donors (Lipinski definition) is 1. The van der Waals surface area contributed by atoms with E-state index in [1.165, 1.54) is 0 Å². The molecule has 0 radical (unpaired) electrons. The van der Waals surface area contributed by atoms with Crippen molar-refractivity contribution in [3.05, 3.63) is 0 Å². The first-order valence-corrected chi connectivity index (χ1v) is 2.01. The van der Waals surface area contributed by atoms with Gasteiger partial charge in [0.05, 0.1) is 0 Å². The van der Waals surface area contributed by atoms with Gasteiger partial charge in [0.1, 0.15) is 0 Å². The maximum atomic E-state index is 7.57. The third-order valence-corrected chi connectivity index (χ3v) is 0. The second-order valence-corrected chi connectivity index (χ2v) is 0.724. The van der Waals surface area contributed by atoms with Crippen LogP contribution in [-0.2, 0) is 0 Å². The lowest BCUT2D eigenvalue weighted by atomic mass is 10.6. The van der Waals surface area contributed by atoms with E-state index in [1.807, 2.05) is 0 Å². The Morgan fingerprint density at radius 2 is 1.86 bits per heavy atom. The van der Waals surface area contributed by atoms with Crippen molar-refractivity contribution >= 4 is 0 Å². The quantitative estimate of drug-likeness (QED) is 0.506. The summed E-state index contributed by atoms with van der Waals surface area (Å²) in [5.41, 5.74) is 0. The fourth-order valence-electron chi connectivity index (χ4n) is 0. The second kappa shape index (κ2) is 38.2. The molecule has 0 heterocycles. The zero-order valence-corrected chi connectivity index (χ0v) is 4.44. The van der Waals surface area contributed by atoms with E-state index in [2.05, 4.69) is 0 Å². The van der Waals surface area contributed by atoms with Crippen molar-refractivity contribution in [3.63, 3.8) is 0 Å².